The smallest absolute Gasteiger partial charge is 0.487 e. The summed E-state index contributed by atoms with van der Waals surface area (Å²) < 4.78 is 13.4. The Morgan fingerprint density at radius 3 is 2.14 bits per heavy atom. The standard InChI is InChI=1S/C34H38BNO6Si/c1-34(2,3)43(25-14-7-5-8-15-25,26-16-9-6-10-17-26)41-21-23-19-28-30(33(39)36(4)32(28)38)27-20-29(42-35(40)31(23)27)22-12-11-13-24(37)18-22/h5-18,27-30,37,40H,19-21H2,1-4H3/t27-,28-,29-,30+/m0/s1. The predicted molar refractivity (Wildman–Crippen MR) is 168 cm³/mol. The molecule has 0 aromatic heterocycles. The van der Waals surface area contributed by atoms with Crippen molar-refractivity contribution in [3.05, 3.63) is 102 Å². The van der Waals surface area contributed by atoms with Crippen LogP contribution in [-0.2, 0) is 18.7 Å². The van der Waals surface area contributed by atoms with Crippen LogP contribution < -0.4 is 10.4 Å². The van der Waals surface area contributed by atoms with E-state index in [0.29, 0.717) is 18.3 Å². The molecule has 9 heteroatoms. The lowest BCUT2D eigenvalue weighted by Crippen LogP contribution is -2.66. The number of benzene rings is 3. The quantitative estimate of drug-likeness (QED) is 0.331. The van der Waals surface area contributed by atoms with Crippen molar-refractivity contribution >= 4 is 37.6 Å². The van der Waals surface area contributed by atoms with Crippen LogP contribution in [0.25, 0.3) is 0 Å². The molecule has 1 aliphatic carbocycles. The molecule has 7 nitrogen and oxygen atoms in total. The number of carbonyl (C=O) groups is 2. The third-order valence-electron chi connectivity index (χ3n) is 9.55. The van der Waals surface area contributed by atoms with E-state index in [9.17, 15) is 19.7 Å². The first-order valence-electron chi connectivity index (χ1n) is 14.9. The molecule has 3 aliphatic rings. The van der Waals surface area contributed by atoms with Crippen molar-refractivity contribution < 1.29 is 28.8 Å². The molecule has 2 fully saturated rings. The Hall–Kier alpha value is -3.50. The van der Waals surface area contributed by atoms with Crippen molar-refractivity contribution in [2.24, 2.45) is 17.8 Å². The third kappa shape index (κ3) is 4.98. The zero-order valence-corrected chi connectivity index (χ0v) is 26.1. The van der Waals surface area contributed by atoms with Gasteiger partial charge in [-0.15, -0.1) is 0 Å². The van der Waals surface area contributed by atoms with Crippen LogP contribution in [0.1, 0.15) is 45.3 Å². The Labute approximate surface area is 254 Å². The van der Waals surface area contributed by atoms with Gasteiger partial charge in [-0.1, -0.05) is 93.6 Å². The maximum absolute atomic E-state index is 13.4. The highest BCUT2D eigenvalue weighted by Gasteiger charge is 2.58. The number of fused-ring (bicyclic) bond motifs is 3. The molecule has 2 amide bonds. The van der Waals surface area contributed by atoms with Crippen molar-refractivity contribution in [2.45, 2.75) is 44.8 Å². The van der Waals surface area contributed by atoms with E-state index in [1.54, 1.807) is 25.2 Å². The SMILES string of the molecule is CN1C(=O)[C@H]2[C@H](CC(CO[Si](c3ccccc3)(c3ccccc3)C(C)(C)C)=C3B(O)O[C@H](c4cccc(O)c4)C[C@H]32)C1=O. The summed E-state index contributed by atoms with van der Waals surface area (Å²) in [6.07, 6.45) is 0.204. The first kappa shape index (κ1) is 29.6. The molecule has 0 saturated carbocycles. The van der Waals surface area contributed by atoms with Crippen LogP contribution in [0.2, 0.25) is 5.04 Å². The van der Waals surface area contributed by atoms with Gasteiger partial charge < -0.3 is 19.2 Å². The van der Waals surface area contributed by atoms with Crippen molar-refractivity contribution in [3.8, 4) is 5.75 Å². The van der Waals surface area contributed by atoms with Crippen LogP contribution in [0.5, 0.6) is 5.75 Å². The lowest BCUT2D eigenvalue weighted by molar-refractivity contribution is -0.138. The molecule has 2 N–H and O–H groups in total. The van der Waals surface area contributed by atoms with Crippen molar-refractivity contribution in [2.75, 3.05) is 13.7 Å². The van der Waals surface area contributed by atoms with Gasteiger partial charge in [0, 0.05) is 7.05 Å². The number of phenols is 1. The molecule has 0 radical (unpaired) electrons. The first-order valence-corrected chi connectivity index (χ1v) is 16.8. The van der Waals surface area contributed by atoms with Crippen molar-refractivity contribution in [1.82, 2.24) is 4.90 Å². The predicted octanol–water partition coefficient (Wildman–Crippen LogP) is 4.00. The van der Waals surface area contributed by atoms with Crippen LogP contribution in [-0.4, -0.2) is 55.9 Å². The molecule has 3 aromatic carbocycles. The molecule has 2 saturated heterocycles. The lowest BCUT2D eigenvalue weighted by Gasteiger charge is -2.45. The number of hydrogen-bond acceptors (Lipinski definition) is 6. The Morgan fingerprint density at radius 2 is 1.56 bits per heavy atom. The fraction of sp³-hybridized carbons (Fsp3) is 0.353. The summed E-state index contributed by atoms with van der Waals surface area (Å²) in [5, 5.41) is 23.7. The normalized spacial score (nSPS) is 24.3. The second-order valence-corrected chi connectivity index (χ2v) is 17.3. The molecule has 0 spiro atoms. The number of carbonyl (C=O) groups excluding carboxylic acids is 2. The van der Waals surface area contributed by atoms with E-state index in [1.165, 1.54) is 4.90 Å². The van der Waals surface area contributed by atoms with Crippen LogP contribution >= 0.6 is 0 Å². The maximum Gasteiger partial charge on any atom is 0.487 e. The number of likely N-dealkylation sites (tertiary alicyclic amines) is 1. The molecule has 2 heterocycles. The largest absolute Gasteiger partial charge is 0.508 e. The summed E-state index contributed by atoms with van der Waals surface area (Å²) in [6.45, 7) is 6.85. The van der Waals surface area contributed by atoms with Crippen LogP contribution in [0, 0.1) is 17.8 Å². The topological polar surface area (TPSA) is 96.3 Å². The fourth-order valence-corrected chi connectivity index (χ4v) is 12.1. The Bertz CT molecular complexity index is 1520. The van der Waals surface area contributed by atoms with Gasteiger partial charge in [0.05, 0.1) is 24.5 Å². The van der Waals surface area contributed by atoms with Crippen molar-refractivity contribution in [3.63, 3.8) is 0 Å². The zero-order chi connectivity index (χ0) is 30.5. The summed E-state index contributed by atoms with van der Waals surface area (Å²) in [5.74, 6) is -1.78. The molecular weight excluding hydrogens is 557 g/mol. The molecule has 0 bridgehead atoms. The molecule has 6 rings (SSSR count). The molecule has 43 heavy (non-hydrogen) atoms. The van der Waals surface area contributed by atoms with Crippen molar-refractivity contribution in [1.29, 1.82) is 0 Å². The molecule has 4 atom stereocenters. The molecule has 3 aromatic rings. The zero-order valence-electron chi connectivity index (χ0n) is 25.1. The Morgan fingerprint density at radius 1 is 0.930 bits per heavy atom. The van der Waals surface area contributed by atoms with Gasteiger partial charge in [-0.2, -0.15) is 0 Å². The summed E-state index contributed by atoms with van der Waals surface area (Å²) in [6, 6.07) is 27.5. The summed E-state index contributed by atoms with van der Waals surface area (Å²) in [7, 11) is -2.63. The van der Waals surface area contributed by atoms with Crippen LogP contribution in [0.3, 0.4) is 0 Å². The number of amides is 2. The van der Waals surface area contributed by atoms with Gasteiger partial charge in [-0.25, -0.2) is 0 Å². The van der Waals surface area contributed by atoms with Crippen LogP contribution in [0.15, 0.2) is 96.0 Å². The maximum atomic E-state index is 13.4. The van der Waals surface area contributed by atoms with E-state index in [-0.39, 0.29) is 29.2 Å². The molecule has 222 valence electrons. The van der Waals surface area contributed by atoms with E-state index in [4.69, 9.17) is 9.08 Å². The Kier molecular flexibility index (Phi) is 7.71. The van der Waals surface area contributed by atoms with Crippen LogP contribution in [0.4, 0.5) is 0 Å². The average molecular weight is 596 g/mol. The van der Waals surface area contributed by atoms with Gasteiger partial charge in [0.1, 0.15) is 5.75 Å². The summed E-state index contributed by atoms with van der Waals surface area (Å²) in [4.78, 5) is 28.0. The summed E-state index contributed by atoms with van der Waals surface area (Å²) in [5.41, 5.74) is 2.21. The number of rotatable bonds is 6. The minimum Gasteiger partial charge on any atom is -0.508 e. The summed E-state index contributed by atoms with van der Waals surface area (Å²) >= 11 is 0. The minimum absolute atomic E-state index is 0.102. The minimum atomic E-state index is -2.91. The highest BCUT2D eigenvalue weighted by molar-refractivity contribution is 6.99. The number of hydrogen-bond donors (Lipinski definition) is 2. The van der Waals surface area contributed by atoms with E-state index in [2.05, 4.69) is 45.0 Å². The lowest BCUT2D eigenvalue weighted by atomic mass is 9.55. The van der Waals surface area contributed by atoms with Gasteiger partial charge in [-0.3, -0.25) is 14.5 Å². The van der Waals surface area contributed by atoms with Gasteiger partial charge in [0.25, 0.3) is 8.32 Å². The highest BCUT2D eigenvalue weighted by Crippen LogP contribution is 2.51. The van der Waals surface area contributed by atoms with Gasteiger partial charge in [-0.05, 0) is 62.9 Å². The second-order valence-electron chi connectivity index (χ2n) is 13.0. The molecule has 2 aliphatic heterocycles. The second kappa shape index (κ2) is 11.2. The number of phenolic OH excluding ortho intramolecular Hbond substituents is 1. The van der Waals surface area contributed by atoms with Gasteiger partial charge in [0.2, 0.25) is 11.8 Å². The number of nitrogens with zero attached hydrogens (tertiary/aromatic N) is 1. The number of aromatic hydroxyl groups is 1. The third-order valence-corrected chi connectivity index (χ3v) is 14.5. The van der Waals surface area contributed by atoms with Gasteiger partial charge >= 0.3 is 7.12 Å². The monoisotopic (exact) mass is 595 g/mol. The fourth-order valence-electron chi connectivity index (χ4n) is 7.60. The van der Waals surface area contributed by atoms with E-state index >= 15 is 0 Å². The molecule has 0 unspecified atom stereocenters. The molecular formula is C34H38BNO6Si. The average Bonchev–Trinajstić information content (AvgIpc) is 3.21. The number of allylic oxidation sites excluding steroid dienone is 1. The van der Waals surface area contributed by atoms with Gasteiger partial charge in [0.15, 0.2) is 0 Å². The number of imide groups is 1. The highest BCUT2D eigenvalue weighted by atomic mass is 28.4. The first-order chi connectivity index (χ1) is 20.5. The van der Waals surface area contributed by atoms with E-state index in [0.717, 1.165) is 21.5 Å². The van der Waals surface area contributed by atoms with E-state index in [1.807, 2.05) is 42.5 Å². The van der Waals surface area contributed by atoms with E-state index < -0.39 is 39.3 Å². The Balaban J connectivity index is 1.44.